The summed E-state index contributed by atoms with van der Waals surface area (Å²) in [6.07, 6.45) is -5.59. The van der Waals surface area contributed by atoms with Gasteiger partial charge in [0.15, 0.2) is 0 Å². The molecule has 5 nitrogen and oxygen atoms in total. The Morgan fingerprint density at radius 3 is 2.53 bits per heavy atom. The van der Waals surface area contributed by atoms with Crippen LogP contribution in [-0.4, -0.2) is 22.7 Å². The third-order valence-electron chi connectivity index (χ3n) is 2.18. The average molecular weight is 299 g/mol. The molecule has 0 fully saturated rings. The molecule has 1 aromatic rings. The number of nitro benzene ring substituents is 1. The number of aliphatic hydroxyl groups excluding tert-OH is 1. The summed E-state index contributed by atoms with van der Waals surface area (Å²) in [4.78, 5) is 9.80. The van der Waals surface area contributed by atoms with E-state index in [0.29, 0.717) is 6.07 Å². The number of halogens is 4. The molecule has 2 N–H and O–H groups in total. The van der Waals surface area contributed by atoms with Crippen molar-refractivity contribution in [2.45, 2.75) is 19.2 Å². The summed E-state index contributed by atoms with van der Waals surface area (Å²) in [6, 6.07) is 1.19. The zero-order valence-electron chi connectivity index (χ0n) is 9.66. The number of nitrogens with zero attached hydrogens (tertiary/aromatic N) is 1. The smallest absolute Gasteiger partial charge is 0.392 e. The number of rotatable bonds is 4. The van der Waals surface area contributed by atoms with Crippen molar-refractivity contribution in [3.8, 4) is 0 Å². The van der Waals surface area contributed by atoms with Crippen molar-refractivity contribution in [1.29, 1.82) is 0 Å². The quantitative estimate of drug-likeness (QED) is 0.661. The van der Waals surface area contributed by atoms with Crippen molar-refractivity contribution < 1.29 is 23.2 Å². The van der Waals surface area contributed by atoms with Crippen molar-refractivity contribution in [3.63, 3.8) is 0 Å². The van der Waals surface area contributed by atoms with Gasteiger partial charge < -0.3 is 10.4 Å². The third kappa shape index (κ3) is 3.97. The number of alkyl halides is 3. The van der Waals surface area contributed by atoms with Gasteiger partial charge in [-0.3, -0.25) is 10.1 Å². The average Bonchev–Trinajstić information content (AvgIpc) is 2.23. The fourth-order valence-electron chi connectivity index (χ4n) is 1.33. The van der Waals surface area contributed by atoms with E-state index in [1.54, 1.807) is 0 Å². The topological polar surface area (TPSA) is 75.4 Å². The SMILES string of the molecule is CC(O)CNc1cc(Cl)c(C(F)(F)F)cc1[N+](=O)[O-]. The Morgan fingerprint density at radius 2 is 2.11 bits per heavy atom. The zero-order valence-corrected chi connectivity index (χ0v) is 10.4. The van der Waals surface area contributed by atoms with Crippen molar-refractivity contribution in [1.82, 2.24) is 0 Å². The van der Waals surface area contributed by atoms with Gasteiger partial charge in [0.25, 0.3) is 5.69 Å². The van der Waals surface area contributed by atoms with Gasteiger partial charge >= 0.3 is 6.18 Å². The number of nitrogens with one attached hydrogen (secondary N) is 1. The predicted octanol–water partition coefficient (Wildman–Crippen LogP) is 3.06. The molecule has 1 unspecified atom stereocenters. The van der Waals surface area contributed by atoms with Gasteiger partial charge in [0.05, 0.1) is 21.6 Å². The molecule has 1 atom stereocenters. The molecule has 0 radical (unpaired) electrons. The Morgan fingerprint density at radius 1 is 1.53 bits per heavy atom. The van der Waals surface area contributed by atoms with Crippen LogP contribution >= 0.6 is 11.6 Å². The van der Waals surface area contributed by atoms with Gasteiger partial charge in [-0.05, 0) is 13.0 Å². The van der Waals surface area contributed by atoms with Crippen LogP contribution in [0, 0.1) is 10.1 Å². The van der Waals surface area contributed by atoms with Crippen LogP contribution in [0.3, 0.4) is 0 Å². The lowest BCUT2D eigenvalue weighted by molar-refractivity contribution is -0.384. The normalized spacial score (nSPS) is 13.2. The van der Waals surface area contributed by atoms with Gasteiger partial charge in [0.2, 0.25) is 0 Å². The predicted molar refractivity (Wildman–Crippen MR) is 63.3 cm³/mol. The molecule has 0 bridgehead atoms. The molecule has 106 valence electrons. The molecule has 0 heterocycles. The van der Waals surface area contributed by atoms with Crippen LogP contribution in [0.4, 0.5) is 24.5 Å². The van der Waals surface area contributed by atoms with Gasteiger partial charge in [-0.2, -0.15) is 13.2 Å². The van der Waals surface area contributed by atoms with E-state index in [1.165, 1.54) is 6.92 Å². The van der Waals surface area contributed by atoms with E-state index in [9.17, 15) is 23.3 Å². The Balaban J connectivity index is 3.26. The maximum absolute atomic E-state index is 12.6. The van der Waals surface area contributed by atoms with Crippen LogP contribution in [0.2, 0.25) is 5.02 Å². The van der Waals surface area contributed by atoms with E-state index >= 15 is 0 Å². The maximum Gasteiger partial charge on any atom is 0.418 e. The molecular formula is C10H10ClF3N2O3. The van der Waals surface area contributed by atoms with E-state index in [-0.39, 0.29) is 12.2 Å². The van der Waals surface area contributed by atoms with E-state index in [4.69, 9.17) is 16.7 Å². The highest BCUT2D eigenvalue weighted by Gasteiger charge is 2.36. The Labute approximate surface area is 111 Å². The lowest BCUT2D eigenvalue weighted by Gasteiger charge is -2.13. The number of benzene rings is 1. The molecule has 0 spiro atoms. The van der Waals surface area contributed by atoms with Gasteiger partial charge in [-0.1, -0.05) is 11.6 Å². The minimum absolute atomic E-state index is 0.0530. The first kappa shape index (κ1) is 15.5. The third-order valence-corrected chi connectivity index (χ3v) is 2.49. The van der Waals surface area contributed by atoms with Crippen LogP contribution in [0.5, 0.6) is 0 Å². The van der Waals surface area contributed by atoms with Crippen LogP contribution in [0.25, 0.3) is 0 Å². The Bertz CT molecular complexity index is 492. The highest BCUT2D eigenvalue weighted by Crippen LogP contribution is 2.40. The van der Waals surface area contributed by atoms with E-state index < -0.39 is 33.5 Å². The van der Waals surface area contributed by atoms with Crippen molar-refractivity contribution >= 4 is 23.0 Å². The molecule has 19 heavy (non-hydrogen) atoms. The summed E-state index contributed by atoms with van der Waals surface area (Å²) in [5.41, 5.74) is -2.20. The molecule has 0 aliphatic heterocycles. The molecule has 0 aromatic heterocycles. The molecule has 0 saturated heterocycles. The van der Waals surface area contributed by atoms with Crippen LogP contribution in [-0.2, 0) is 6.18 Å². The lowest BCUT2D eigenvalue weighted by atomic mass is 10.1. The standard InChI is InChI=1S/C10H10ClF3N2O3/c1-5(17)4-15-8-3-7(11)6(10(12,13)14)2-9(8)16(18)19/h2-3,5,15,17H,4H2,1H3. The first-order valence-electron chi connectivity index (χ1n) is 5.10. The maximum atomic E-state index is 12.6. The monoisotopic (exact) mass is 298 g/mol. The van der Waals surface area contributed by atoms with Gasteiger partial charge in [-0.15, -0.1) is 0 Å². The largest absolute Gasteiger partial charge is 0.418 e. The molecule has 0 aliphatic carbocycles. The summed E-state index contributed by atoms with van der Waals surface area (Å²) in [7, 11) is 0. The summed E-state index contributed by atoms with van der Waals surface area (Å²) >= 11 is 5.46. The Hall–Kier alpha value is -1.54. The van der Waals surface area contributed by atoms with E-state index in [0.717, 1.165) is 6.07 Å². The molecule has 1 rings (SSSR count). The van der Waals surface area contributed by atoms with Crippen LogP contribution < -0.4 is 5.32 Å². The number of aliphatic hydroxyl groups is 1. The zero-order chi connectivity index (χ0) is 14.8. The minimum Gasteiger partial charge on any atom is -0.392 e. The highest BCUT2D eigenvalue weighted by atomic mass is 35.5. The number of anilines is 1. The molecule has 1 aromatic carbocycles. The molecule has 9 heteroatoms. The summed E-state index contributed by atoms with van der Waals surface area (Å²) in [6.45, 7) is 1.37. The van der Waals surface area contributed by atoms with Crippen molar-refractivity contribution in [2.24, 2.45) is 0 Å². The van der Waals surface area contributed by atoms with E-state index in [2.05, 4.69) is 5.32 Å². The fraction of sp³-hybridized carbons (Fsp3) is 0.400. The van der Waals surface area contributed by atoms with Gasteiger partial charge in [0, 0.05) is 12.6 Å². The second kappa shape index (κ2) is 5.62. The summed E-state index contributed by atoms with van der Waals surface area (Å²) in [5.74, 6) is 0. The molecule has 0 amide bonds. The fourth-order valence-corrected chi connectivity index (χ4v) is 1.60. The second-order valence-electron chi connectivity index (χ2n) is 3.83. The molecular weight excluding hydrogens is 289 g/mol. The number of nitro groups is 1. The van der Waals surface area contributed by atoms with Crippen molar-refractivity contribution in [2.75, 3.05) is 11.9 Å². The van der Waals surface area contributed by atoms with Crippen molar-refractivity contribution in [3.05, 3.63) is 32.8 Å². The lowest BCUT2D eigenvalue weighted by Crippen LogP contribution is -2.16. The first-order chi connectivity index (χ1) is 8.62. The minimum atomic E-state index is -4.77. The second-order valence-corrected chi connectivity index (χ2v) is 4.24. The van der Waals surface area contributed by atoms with Crippen LogP contribution in [0.1, 0.15) is 12.5 Å². The molecule has 0 aliphatic rings. The molecule has 0 saturated carbocycles. The number of hydrogen-bond donors (Lipinski definition) is 2. The summed E-state index contributed by atoms with van der Waals surface area (Å²) in [5, 5.41) is 21.6. The Kier molecular flexibility index (Phi) is 4.59. The highest BCUT2D eigenvalue weighted by molar-refractivity contribution is 6.31. The van der Waals surface area contributed by atoms with Gasteiger partial charge in [0.1, 0.15) is 5.69 Å². The first-order valence-corrected chi connectivity index (χ1v) is 5.47. The van der Waals surface area contributed by atoms with Crippen LogP contribution in [0.15, 0.2) is 12.1 Å². The summed E-state index contributed by atoms with van der Waals surface area (Å²) < 4.78 is 37.7. The van der Waals surface area contributed by atoms with Gasteiger partial charge in [-0.25, -0.2) is 0 Å². The van der Waals surface area contributed by atoms with E-state index in [1.807, 2.05) is 0 Å². The number of hydrogen-bond acceptors (Lipinski definition) is 4.